The first-order chi connectivity index (χ1) is 12.0. The molecule has 0 amide bonds. The van der Waals surface area contributed by atoms with Gasteiger partial charge in [-0.15, -0.1) is 0 Å². The standard InChI is InChI=1S/C15H17FN6O2S/c1-2-25(23,24)21-8-15(7-16,9-21)22-6-11(5-20-22)13-12-3-4-17-14(12)19-10-18-13/h3-6,10H,2,7-9H2,1H3,(H,17,18,19). The summed E-state index contributed by atoms with van der Waals surface area (Å²) in [6, 6.07) is 1.87. The number of sulfonamides is 1. The third kappa shape index (κ3) is 2.44. The SMILES string of the molecule is CCS(=O)(=O)N1CC(CF)(n2cc(-c3ncnc4[nH]ccc34)cn2)C1. The molecule has 4 rings (SSSR count). The van der Waals surface area contributed by atoms with Gasteiger partial charge in [0.05, 0.1) is 17.6 Å². The molecule has 0 bridgehead atoms. The van der Waals surface area contributed by atoms with Crippen molar-refractivity contribution >= 4 is 21.1 Å². The van der Waals surface area contributed by atoms with Gasteiger partial charge in [-0.05, 0) is 13.0 Å². The summed E-state index contributed by atoms with van der Waals surface area (Å²) < 4.78 is 40.4. The Balaban J connectivity index is 1.66. The average molecular weight is 364 g/mol. The molecule has 0 atom stereocenters. The third-order valence-corrected chi connectivity index (χ3v) is 6.42. The minimum absolute atomic E-state index is 0.00608. The van der Waals surface area contributed by atoms with Crippen LogP contribution < -0.4 is 0 Å². The zero-order chi connectivity index (χ0) is 17.7. The molecule has 0 saturated carbocycles. The van der Waals surface area contributed by atoms with E-state index in [1.165, 1.54) is 15.3 Å². The van der Waals surface area contributed by atoms with Crippen molar-refractivity contribution in [3.05, 3.63) is 31.0 Å². The van der Waals surface area contributed by atoms with Crippen LogP contribution in [0.3, 0.4) is 0 Å². The highest BCUT2D eigenvalue weighted by Gasteiger charge is 2.50. The van der Waals surface area contributed by atoms with E-state index in [2.05, 4.69) is 20.1 Å². The molecule has 25 heavy (non-hydrogen) atoms. The minimum atomic E-state index is -3.32. The second-order valence-corrected chi connectivity index (χ2v) is 8.42. The number of hydrogen-bond acceptors (Lipinski definition) is 5. The largest absolute Gasteiger partial charge is 0.346 e. The molecule has 8 nitrogen and oxygen atoms in total. The molecule has 132 valence electrons. The second-order valence-electron chi connectivity index (χ2n) is 6.16. The van der Waals surface area contributed by atoms with Crippen molar-refractivity contribution in [3.8, 4) is 11.3 Å². The molecule has 3 aromatic rings. The van der Waals surface area contributed by atoms with E-state index in [1.54, 1.807) is 25.5 Å². The summed E-state index contributed by atoms with van der Waals surface area (Å²) in [5, 5.41) is 5.12. The highest BCUT2D eigenvalue weighted by atomic mass is 32.2. The van der Waals surface area contributed by atoms with E-state index >= 15 is 0 Å². The normalized spacial score (nSPS) is 17.7. The van der Waals surface area contributed by atoms with Crippen molar-refractivity contribution < 1.29 is 12.8 Å². The van der Waals surface area contributed by atoms with Gasteiger partial charge in [-0.2, -0.15) is 9.40 Å². The van der Waals surface area contributed by atoms with Gasteiger partial charge in [0.15, 0.2) is 0 Å². The lowest BCUT2D eigenvalue weighted by molar-refractivity contribution is 0.0415. The molecule has 1 fully saturated rings. The fraction of sp³-hybridized carbons (Fsp3) is 0.400. The number of alkyl halides is 1. The Morgan fingerprint density at radius 1 is 1.36 bits per heavy atom. The van der Waals surface area contributed by atoms with Crippen molar-refractivity contribution in [3.63, 3.8) is 0 Å². The Morgan fingerprint density at radius 3 is 2.88 bits per heavy atom. The Kier molecular flexibility index (Phi) is 3.62. The summed E-state index contributed by atoms with van der Waals surface area (Å²) in [6.45, 7) is 1.06. The van der Waals surface area contributed by atoms with Gasteiger partial charge in [-0.3, -0.25) is 4.68 Å². The Bertz CT molecular complexity index is 1020. The maximum atomic E-state index is 13.7. The third-order valence-electron chi connectivity index (χ3n) is 4.64. The van der Waals surface area contributed by atoms with Gasteiger partial charge in [0.25, 0.3) is 0 Å². The highest BCUT2D eigenvalue weighted by Crippen LogP contribution is 2.33. The zero-order valence-electron chi connectivity index (χ0n) is 13.6. The zero-order valence-corrected chi connectivity index (χ0v) is 14.4. The number of halogens is 1. The summed E-state index contributed by atoms with van der Waals surface area (Å²) in [6.07, 6.45) is 6.55. The molecule has 1 N–H and O–H groups in total. The van der Waals surface area contributed by atoms with Crippen LogP contribution in [0.5, 0.6) is 0 Å². The molecule has 1 aliphatic rings. The summed E-state index contributed by atoms with van der Waals surface area (Å²) in [5.74, 6) is 0.00608. The lowest BCUT2D eigenvalue weighted by Gasteiger charge is -2.47. The van der Waals surface area contributed by atoms with Crippen LogP contribution in [0.2, 0.25) is 0 Å². The molecular weight excluding hydrogens is 347 g/mol. The molecule has 4 heterocycles. The van der Waals surface area contributed by atoms with Gasteiger partial charge in [-0.25, -0.2) is 22.8 Å². The topological polar surface area (TPSA) is 96.8 Å². The molecule has 3 aromatic heterocycles. The predicted octanol–water partition coefficient (Wildman–Crippen LogP) is 1.15. The molecule has 10 heteroatoms. The van der Waals surface area contributed by atoms with Gasteiger partial charge >= 0.3 is 0 Å². The van der Waals surface area contributed by atoms with E-state index in [-0.39, 0.29) is 18.8 Å². The monoisotopic (exact) mass is 364 g/mol. The van der Waals surface area contributed by atoms with E-state index in [1.807, 2.05) is 6.07 Å². The number of fused-ring (bicyclic) bond motifs is 1. The second kappa shape index (κ2) is 5.60. The number of aromatic amines is 1. The summed E-state index contributed by atoms with van der Waals surface area (Å²) in [7, 11) is -3.32. The molecule has 0 unspecified atom stereocenters. The van der Waals surface area contributed by atoms with Crippen molar-refractivity contribution in [1.82, 2.24) is 29.0 Å². The maximum Gasteiger partial charge on any atom is 0.213 e. The highest BCUT2D eigenvalue weighted by molar-refractivity contribution is 7.89. The van der Waals surface area contributed by atoms with Crippen LogP contribution in [0.25, 0.3) is 22.3 Å². The van der Waals surface area contributed by atoms with E-state index in [9.17, 15) is 12.8 Å². The Morgan fingerprint density at radius 2 is 2.16 bits per heavy atom. The first-order valence-corrected chi connectivity index (χ1v) is 9.47. The molecule has 1 saturated heterocycles. The van der Waals surface area contributed by atoms with E-state index in [4.69, 9.17) is 0 Å². The Labute approximate surface area is 143 Å². The molecule has 0 aliphatic carbocycles. The van der Waals surface area contributed by atoms with Crippen LogP contribution in [0.4, 0.5) is 4.39 Å². The van der Waals surface area contributed by atoms with Gasteiger partial charge in [0, 0.05) is 36.4 Å². The first-order valence-electron chi connectivity index (χ1n) is 7.86. The number of hydrogen-bond donors (Lipinski definition) is 1. The molecule has 1 aliphatic heterocycles. The van der Waals surface area contributed by atoms with E-state index in [0.717, 1.165) is 10.9 Å². The summed E-state index contributed by atoms with van der Waals surface area (Å²) >= 11 is 0. The quantitative estimate of drug-likeness (QED) is 0.733. The molecule has 0 radical (unpaired) electrons. The van der Waals surface area contributed by atoms with Crippen LogP contribution in [-0.2, 0) is 15.6 Å². The van der Waals surface area contributed by atoms with Gasteiger partial charge < -0.3 is 4.98 Å². The molecule has 0 spiro atoms. The van der Waals surface area contributed by atoms with Gasteiger partial charge in [-0.1, -0.05) is 0 Å². The lowest BCUT2D eigenvalue weighted by atomic mass is 9.94. The maximum absolute atomic E-state index is 13.7. The fourth-order valence-corrected chi connectivity index (χ4v) is 4.33. The summed E-state index contributed by atoms with van der Waals surface area (Å²) in [5.41, 5.74) is 1.19. The fourth-order valence-electron chi connectivity index (χ4n) is 3.09. The van der Waals surface area contributed by atoms with Crippen LogP contribution in [0.15, 0.2) is 31.0 Å². The lowest BCUT2D eigenvalue weighted by Crippen LogP contribution is -2.65. The first kappa shape index (κ1) is 16.2. The number of aromatic nitrogens is 5. The van der Waals surface area contributed by atoms with E-state index < -0.39 is 22.2 Å². The van der Waals surface area contributed by atoms with E-state index in [0.29, 0.717) is 11.3 Å². The molecule has 0 aromatic carbocycles. The Hall–Kier alpha value is -2.33. The van der Waals surface area contributed by atoms with Gasteiger partial charge in [0.2, 0.25) is 10.0 Å². The van der Waals surface area contributed by atoms with Crippen LogP contribution in [-0.4, -0.2) is 63.0 Å². The van der Waals surface area contributed by atoms with Crippen molar-refractivity contribution in [2.45, 2.75) is 12.5 Å². The van der Waals surface area contributed by atoms with Crippen LogP contribution in [0, 0.1) is 0 Å². The smallest absolute Gasteiger partial charge is 0.213 e. The molecular formula is C15H17FN6O2S. The predicted molar refractivity (Wildman–Crippen MR) is 90.1 cm³/mol. The minimum Gasteiger partial charge on any atom is -0.346 e. The van der Waals surface area contributed by atoms with Crippen LogP contribution >= 0.6 is 0 Å². The average Bonchev–Trinajstić information content (AvgIpc) is 3.23. The van der Waals surface area contributed by atoms with Crippen molar-refractivity contribution in [1.29, 1.82) is 0 Å². The van der Waals surface area contributed by atoms with Crippen molar-refractivity contribution in [2.75, 3.05) is 25.5 Å². The number of rotatable bonds is 5. The van der Waals surface area contributed by atoms with Gasteiger partial charge in [0.1, 0.15) is 24.2 Å². The number of nitrogens with zero attached hydrogens (tertiary/aromatic N) is 5. The number of H-pyrrole nitrogens is 1. The number of nitrogens with one attached hydrogen (secondary N) is 1. The summed E-state index contributed by atoms with van der Waals surface area (Å²) in [4.78, 5) is 11.5. The van der Waals surface area contributed by atoms with Crippen molar-refractivity contribution in [2.24, 2.45) is 0 Å². The van der Waals surface area contributed by atoms with Crippen LogP contribution in [0.1, 0.15) is 6.92 Å².